The van der Waals surface area contributed by atoms with E-state index in [9.17, 15) is 0 Å². The summed E-state index contributed by atoms with van der Waals surface area (Å²) in [6.07, 6.45) is 3.60. The van der Waals surface area contributed by atoms with Gasteiger partial charge in [0.25, 0.3) is 0 Å². The van der Waals surface area contributed by atoms with Gasteiger partial charge in [0.2, 0.25) is 0 Å². The van der Waals surface area contributed by atoms with E-state index >= 15 is 0 Å². The zero-order valence-electron chi connectivity index (χ0n) is 17.6. The highest BCUT2D eigenvalue weighted by molar-refractivity contribution is 5.80. The lowest BCUT2D eigenvalue weighted by Gasteiger charge is -2.23. The number of ether oxygens (including phenoxy) is 2. The number of nitrogens with one attached hydrogen (secondary N) is 1. The van der Waals surface area contributed by atoms with Crippen LogP contribution in [0.4, 0.5) is 0 Å². The Morgan fingerprint density at radius 1 is 1.22 bits per heavy atom. The van der Waals surface area contributed by atoms with Gasteiger partial charge in [0.1, 0.15) is 11.5 Å². The van der Waals surface area contributed by atoms with Crippen LogP contribution in [0.1, 0.15) is 37.7 Å². The van der Waals surface area contributed by atoms with Gasteiger partial charge in [-0.15, -0.1) is 0 Å². The predicted octanol–water partition coefficient (Wildman–Crippen LogP) is 2.80. The predicted molar refractivity (Wildman–Crippen MR) is 112 cm³/mol. The normalized spacial score (nSPS) is 17.5. The fraction of sp³-hybridized carbons (Fsp3) is 0.667. The summed E-state index contributed by atoms with van der Waals surface area (Å²) < 4.78 is 10.8. The number of aliphatic imine (C=N–C) groups is 1. The lowest BCUT2D eigenvalue weighted by atomic mass is 9.98. The Kier molecular flexibility index (Phi) is 8.72. The Morgan fingerprint density at radius 3 is 2.52 bits per heavy atom. The molecule has 27 heavy (non-hydrogen) atoms. The van der Waals surface area contributed by atoms with Crippen molar-refractivity contribution in [1.29, 1.82) is 0 Å². The zero-order valence-corrected chi connectivity index (χ0v) is 17.6. The minimum absolute atomic E-state index is 0.458. The molecule has 0 aliphatic carbocycles. The van der Waals surface area contributed by atoms with Gasteiger partial charge in [-0.2, -0.15) is 0 Å². The van der Waals surface area contributed by atoms with Crippen LogP contribution < -0.4 is 14.8 Å². The van der Waals surface area contributed by atoms with Crippen LogP contribution in [0.3, 0.4) is 0 Å². The summed E-state index contributed by atoms with van der Waals surface area (Å²) in [6, 6.07) is 6.16. The minimum Gasteiger partial charge on any atom is -0.497 e. The van der Waals surface area contributed by atoms with Crippen molar-refractivity contribution in [2.75, 3.05) is 61.0 Å². The average molecular weight is 377 g/mol. The molecule has 0 spiro atoms. The number of likely N-dealkylation sites (tertiary alicyclic amines) is 1. The van der Waals surface area contributed by atoms with Crippen LogP contribution in [0.2, 0.25) is 0 Å². The standard InChI is InChI=1S/C21H36N4O2/c1-6-7-10-24(3)12-9-23-21(22-2)25-11-8-17(16-25)18-13-19(26-4)15-20(14-18)27-5/h13-15,17H,6-12,16H2,1-5H3,(H,22,23). The van der Waals surface area contributed by atoms with Gasteiger partial charge in [0.05, 0.1) is 14.2 Å². The van der Waals surface area contributed by atoms with Crippen LogP contribution >= 0.6 is 0 Å². The first-order chi connectivity index (χ1) is 13.1. The van der Waals surface area contributed by atoms with Crippen LogP contribution in [0.15, 0.2) is 23.2 Å². The summed E-state index contributed by atoms with van der Waals surface area (Å²) in [4.78, 5) is 9.21. The molecule has 1 aliphatic heterocycles. The number of unbranched alkanes of at least 4 members (excludes halogenated alkanes) is 1. The maximum absolute atomic E-state index is 5.42. The first-order valence-corrected chi connectivity index (χ1v) is 9.98. The molecule has 1 aromatic rings. The molecule has 152 valence electrons. The average Bonchev–Trinajstić information content (AvgIpc) is 3.19. The number of rotatable bonds is 9. The van der Waals surface area contributed by atoms with Crippen molar-refractivity contribution in [3.8, 4) is 11.5 Å². The van der Waals surface area contributed by atoms with Crippen LogP contribution in [-0.4, -0.2) is 76.8 Å². The third-order valence-electron chi connectivity index (χ3n) is 5.21. The summed E-state index contributed by atoms with van der Waals surface area (Å²) in [5.41, 5.74) is 1.27. The number of benzene rings is 1. The molecule has 0 bridgehead atoms. The molecule has 0 saturated carbocycles. The van der Waals surface area contributed by atoms with Gasteiger partial charge >= 0.3 is 0 Å². The second-order valence-electron chi connectivity index (χ2n) is 7.21. The first kappa shape index (κ1) is 21.4. The minimum atomic E-state index is 0.458. The molecule has 1 aliphatic rings. The summed E-state index contributed by atoms with van der Waals surface area (Å²) >= 11 is 0. The lowest BCUT2D eigenvalue weighted by Crippen LogP contribution is -2.42. The Morgan fingerprint density at radius 2 is 1.93 bits per heavy atom. The van der Waals surface area contributed by atoms with Gasteiger partial charge in [0.15, 0.2) is 5.96 Å². The molecule has 1 heterocycles. The van der Waals surface area contributed by atoms with E-state index in [0.29, 0.717) is 5.92 Å². The van der Waals surface area contributed by atoms with E-state index in [-0.39, 0.29) is 0 Å². The highest BCUT2D eigenvalue weighted by Crippen LogP contribution is 2.32. The van der Waals surface area contributed by atoms with Crippen molar-refractivity contribution < 1.29 is 9.47 Å². The molecule has 6 heteroatoms. The monoisotopic (exact) mass is 376 g/mol. The first-order valence-electron chi connectivity index (χ1n) is 9.98. The third kappa shape index (κ3) is 6.31. The van der Waals surface area contributed by atoms with Gasteiger partial charge in [-0.25, -0.2) is 0 Å². The number of likely N-dealkylation sites (N-methyl/N-ethyl adjacent to an activating group) is 1. The molecule has 6 nitrogen and oxygen atoms in total. The van der Waals surface area contributed by atoms with E-state index in [2.05, 4.69) is 46.2 Å². The fourth-order valence-electron chi connectivity index (χ4n) is 3.52. The number of hydrogen-bond donors (Lipinski definition) is 1. The van der Waals surface area contributed by atoms with Gasteiger partial charge in [0, 0.05) is 45.2 Å². The fourth-order valence-corrected chi connectivity index (χ4v) is 3.52. The molecule has 1 N–H and O–H groups in total. The van der Waals surface area contributed by atoms with Crippen molar-refractivity contribution in [3.05, 3.63) is 23.8 Å². The van der Waals surface area contributed by atoms with Crippen molar-refractivity contribution in [2.45, 2.75) is 32.1 Å². The SMILES string of the molecule is CCCCN(C)CCNC(=NC)N1CCC(c2cc(OC)cc(OC)c2)C1. The molecule has 1 aromatic carbocycles. The molecule has 0 amide bonds. The Bertz CT molecular complexity index is 584. The van der Waals surface area contributed by atoms with Crippen LogP contribution in [0.25, 0.3) is 0 Å². The Balaban J connectivity index is 1.90. The van der Waals surface area contributed by atoms with E-state index in [1.165, 1.54) is 18.4 Å². The number of methoxy groups -OCH3 is 2. The molecule has 2 rings (SSSR count). The van der Waals surface area contributed by atoms with E-state index < -0.39 is 0 Å². The quantitative estimate of drug-likeness (QED) is 0.530. The highest BCUT2D eigenvalue weighted by Gasteiger charge is 2.26. The third-order valence-corrected chi connectivity index (χ3v) is 5.21. The zero-order chi connectivity index (χ0) is 19.6. The molecule has 0 radical (unpaired) electrons. The number of hydrogen-bond acceptors (Lipinski definition) is 4. The molecule has 1 atom stereocenters. The summed E-state index contributed by atoms with van der Waals surface area (Å²) in [5, 5.41) is 3.52. The maximum atomic E-state index is 5.42. The second kappa shape index (κ2) is 11.0. The van der Waals surface area contributed by atoms with Crippen molar-refractivity contribution in [1.82, 2.24) is 15.1 Å². The van der Waals surface area contributed by atoms with Gasteiger partial charge in [-0.1, -0.05) is 13.3 Å². The molecular formula is C21H36N4O2. The topological polar surface area (TPSA) is 49.3 Å². The molecule has 1 fully saturated rings. The maximum Gasteiger partial charge on any atom is 0.193 e. The summed E-state index contributed by atoms with van der Waals surface area (Å²) in [6.45, 7) is 7.30. The summed E-state index contributed by atoms with van der Waals surface area (Å²) in [5.74, 6) is 3.15. The van der Waals surface area contributed by atoms with Gasteiger partial charge in [-0.05, 0) is 44.1 Å². The van der Waals surface area contributed by atoms with Crippen molar-refractivity contribution in [2.24, 2.45) is 4.99 Å². The van der Waals surface area contributed by atoms with E-state index in [1.54, 1.807) is 14.2 Å². The molecule has 1 unspecified atom stereocenters. The van der Waals surface area contributed by atoms with E-state index in [4.69, 9.17) is 9.47 Å². The van der Waals surface area contributed by atoms with Gasteiger partial charge < -0.3 is 24.6 Å². The smallest absolute Gasteiger partial charge is 0.193 e. The largest absolute Gasteiger partial charge is 0.497 e. The molecule has 1 saturated heterocycles. The van der Waals surface area contributed by atoms with Crippen LogP contribution in [-0.2, 0) is 0 Å². The molecular weight excluding hydrogens is 340 g/mol. The van der Waals surface area contributed by atoms with Crippen molar-refractivity contribution >= 4 is 5.96 Å². The van der Waals surface area contributed by atoms with E-state index in [1.807, 2.05) is 13.1 Å². The van der Waals surface area contributed by atoms with E-state index in [0.717, 1.165) is 56.6 Å². The second-order valence-corrected chi connectivity index (χ2v) is 7.21. The number of nitrogens with zero attached hydrogens (tertiary/aromatic N) is 3. The number of guanidine groups is 1. The Hall–Kier alpha value is -1.95. The highest BCUT2D eigenvalue weighted by atomic mass is 16.5. The summed E-state index contributed by atoms with van der Waals surface area (Å²) in [7, 11) is 7.44. The van der Waals surface area contributed by atoms with Gasteiger partial charge in [-0.3, -0.25) is 4.99 Å². The lowest BCUT2D eigenvalue weighted by molar-refractivity contribution is 0.330. The Labute approximate surface area is 164 Å². The van der Waals surface area contributed by atoms with Crippen LogP contribution in [0, 0.1) is 0 Å². The van der Waals surface area contributed by atoms with Crippen LogP contribution in [0.5, 0.6) is 11.5 Å². The van der Waals surface area contributed by atoms with Crippen molar-refractivity contribution in [3.63, 3.8) is 0 Å². The molecule has 0 aromatic heterocycles.